The van der Waals surface area contributed by atoms with E-state index in [-0.39, 0.29) is 27.7 Å². The van der Waals surface area contributed by atoms with Gasteiger partial charge in [0.2, 0.25) is 5.13 Å². The summed E-state index contributed by atoms with van der Waals surface area (Å²) in [4.78, 5) is 33.5. The van der Waals surface area contributed by atoms with Crippen molar-refractivity contribution in [3.63, 3.8) is 0 Å². The summed E-state index contributed by atoms with van der Waals surface area (Å²) in [6.07, 6.45) is 0. The summed E-state index contributed by atoms with van der Waals surface area (Å²) in [7, 11) is 0. The molecule has 2 amide bonds. The van der Waals surface area contributed by atoms with Crippen LogP contribution in [0.15, 0.2) is 22.5 Å². The predicted octanol–water partition coefficient (Wildman–Crippen LogP) is 1.60. The molecule has 1 aromatic carbocycles. The molecule has 1 aromatic heterocycles. The maximum atomic E-state index is 12.2. The number of nitro groups is 1. The molecule has 0 bridgehead atoms. The highest BCUT2D eigenvalue weighted by Crippen LogP contribution is 2.26. The van der Waals surface area contributed by atoms with E-state index in [0.29, 0.717) is 4.34 Å². The minimum absolute atomic E-state index is 0.0525. The van der Waals surface area contributed by atoms with Crippen LogP contribution in [0, 0.1) is 17.0 Å². The molecule has 126 valence electrons. The Hall–Kier alpha value is -2.57. The Bertz CT molecular complexity index is 794. The molecule has 12 heteroatoms. The smallest absolute Gasteiger partial charge is 0.273 e. The molecule has 2 rings (SSSR count). The van der Waals surface area contributed by atoms with Gasteiger partial charge in [-0.15, -0.1) is 10.2 Å². The van der Waals surface area contributed by atoms with Gasteiger partial charge in [-0.25, -0.2) is 5.48 Å². The standard InChI is InChI=1S/C12H11N5O5S2/c1-6-7(3-2-4-8(6)17(21)22)10(19)13-11-14-15-12(24-11)23-5-9(18)16-20/h2-4,20H,5H2,1H3,(H,16,18)(H,13,14,19). The van der Waals surface area contributed by atoms with Gasteiger partial charge in [0.05, 0.1) is 10.7 Å². The Labute approximate surface area is 143 Å². The molecule has 0 saturated heterocycles. The van der Waals surface area contributed by atoms with E-state index < -0.39 is 16.7 Å². The topological polar surface area (TPSA) is 147 Å². The second kappa shape index (κ2) is 7.81. The molecule has 10 nitrogen and oxygen atoms in total. The largest absolute Gasteiger partial charge is 0.296 e. The molecule has 0 atom stereocenters. The molecule has 0 spiro atoms. The summed E-state index contributed by atoms with van der Waals surface area (Å²) in [6.45, 7) is 1.49. The third-order valence-electron chi connectivity index (χ3n) is 2.82. The summed E-state index contributed by atoms with van der Waals surface area (Å²) in [6, 6.07) is 4.22. The molecule has 0 aliphatic heterocycles. The van der Waals surface area contributed by atoms with Gasteiger partial charge in [0.1, 0.15) is 0 Å². The second-order valence-corrected chi connectivity index (χ2v) is 6.56. The van der Waals surface area contributed by atoms with E-state index in [1.807, 2.05) is 0 Å². The van der Waals surface area contributed by atoms with Gasteiger partial charge in [-0.2, -0.15) is 0 Å². The number of aromatic nitrogens is 2. The Kier molecular flexibility index (Phi) is 5.78. The second-order valence-electron chi connectivity index (χ2n) is 4.36. The number of hydrogen-bond acceptors (Lipinski definition) is 9. The number of nitro benzene ring substituents is 1. The lowest BCUT2D eigenvalue weighted by Gasteiger charge is -2.05. The highest BCUT2D eigenvalue weighted by atomic mass is 32.2. The minimum Gasteiger partial charge on any atom is -0.296 e. The summed E-state index contributed by atoms with van der Waals surface area (Å²) in [5.41, 5.74) is 1.75. The van der Waals surface area contributed by atoms with Crippen LogP contribution in [0.1, 0.15) is 15.9 Å². The number of rotatable bonds is 6. The van der Waals surface area contributed by atoms with Crippen LogP contribution >= 0.6 is 23.1 Å². The zero-order valence-corrected chi connectivity index (χ0v) is 13.8. The van der Waals surface area contributed by atoms with Crippen LogP contribution in [0.2, 0.25) is 0 Å². The van der Waals surface area contributed by atoms with Crippen LogP contribution in [-0.2, 0) is 4.79 Å². The van der Waals surface area contributed by atoms with Crippen molar-refractivity contribution in [2.24, 2.45) is 0 Å². The third-order valence-corrected chi connectivity index (χ3v) is 4.80. The van der Waals surface area contributed by atoms with Gasteiger partial charge in [-0.3, -0.25) is 30.2 Å². The zero-order valence-electron chi connectivity index (χ0n) is 12.2. The van der Waals surface area contributed by atoms with E-state index in [1.54, 1.807) is 0 Å². The highest BCUT2D eigenvalue weighted by molar-refractivity contribution is 8.01. The van der Waals surface area contributed by atoms with Gasteiger partial charge in [-0.05, 0) is 13.0 Å². The van der Waals surface area contributed by atoms with Crippen LogP contribution < -0.4 is 10.8 Å². The van der Waals surface area contributed by atoms with Crippen molar-refractivity contribution >= 4 is 45.7 Å². The van der Waals surface area contributed by atoms with E-state index in [2.05, 4.69) is 15.5 Å². The molecule has 1 heterocycles. The number of hydrogen-bond donors (Lipinski definition) is 3. The summed E-state index contributed by atoms with van der Waals surface area (Å²) < 4.78 is 0.421. The van der Waals surface area contributed by atoms with Crippen molar-refractivity contribution in [1.29, 1.82) is 0 Å². The molecule has 0 fully saturated rings. The van der Waals surface area contributed by atoms with Crippen molar-refractivity contribution in [1.82, 2.24) is 15.7 Å². The van der Waals surface area contributed by atoms with Gasteiger partial charge >= 0.3 is 0 Å². The monoisotopic (exact) mass is 369 g/mol. The van der Waals surface area contributed by atoms with Crippen LogP contribution in [0.5, 0.6) is 0 Å². The molecule has 0 radical (unpaired) electrons. The van der Waals surface area contributed by atoms with Crippen molar-refractivity contribution in [3.8, 4) is 0 Å². The maximum absolute atomic E-state index is 12.2. The van der Waals surface area contributed by atoms with E-state index in [9.17, 15) is 19.7 Å². The van der Waals surface area contributed by atoms with E-state index in [0.717, 1.165) is 23.1 Å². The molecule has 2 aromatic rings. The Morgan fingerprint density at radius 1 is 1.42 bits per heavy atom. The molecule has 3 N–H and O–H groups in total. The van der Waals surface area contributed by atoms with Gasteiger partial charge in [0, 0.05) is 17.2 Å². The van der Waals surface area contributed by atoms with E-state index in [4.69, 9.17) is 5.21 Å². The molecule has 0 unspecified atom stereocenters. The summed E-state index contributed by atoms with van der Waals surface area (Å²) >= 11 is 2.08. The molecule has 0 aliphatic rings. The highest BCUT2D eigenvalue weighted by Gasteiger charge is 2.19. The van der Waals surface area contributed by atoms with Gasteiger partial charge < -0.3 is 0 Å². The summed E-state index contributed by atoms with van der Waals surface area (Å²) in [5.74, 6) is -1.19. The van der Waals surface area contributed by atoms with Gasteiger partial charge in [0.25, 0.3) is 17.5 Å². The van der Waals surface area contributed by atoms with Crippen molar-refractivity contribution in [3.05, 3.63) is 39.4 Å². The number of nitrogens with zero attached hydrogens (tertiary/aromatic N) is 3. The lowest BCUT2D eigenvalue weighted by atomic mass is 10.1. The van der Waals surface area contributed by atoms with E-state index in [1.165, 1.54) is 30.6 Å². The molecule has 0 aliphatic carbocycles. The van der Waals surface area contributed by atoms with Crippen LogP contribution in [0.4, 0.5) is 10.8 Å². The maximum Gasteiger partial charge on any atom is 0.273 e. The number of carbonyl (C=O) groups excluding carboxylic acids is 2. The third kappa shape index (κ3) is 4.24. The average Bonchev–Trinajstić information content (AvgIpc) is 2.99. The van der Waals surface area contributed by atoms with Crippen LogP contribution in [0.3, 0.4) is 0 Å². The van der Waals surface area contributed by atoms with Gasteiger partial charge in [0.15, 0.2) is 4.34 Å². The molecule has 0 saturated carbocycles. The van der Waals surface area contributed by atoms with Crippen molar-refractivity contribution in [2.45, 2.75) is 11.3 Å². The zero-order chi connectivity index (χ0) is 17.7. The van der Waals surface area contributed by atoms with E-state index >= 15 is 0 Å². The first-order chi connectivity index (χ1) is 11.4. The fraction of sp³-hybridized carbons (Fsp3) is 0.167. The predicted molar refractivity (Wildman–Crippen MR) is 86.3 cm³/mol. The fourth-order valence-electron chi connectivity index (χ4n) is 1.71. The Balaban J connectivity index is 2.08. The Morgan fingerprint density at radius 3 is 2.83 bits per heavy atom. The van der Waals surface area contributed by atoms with Gasteiger partial charge in [-0.1, -0.05) is 29.2 Å². The number of benzene rings is 1. The Morgan fingerprint density at radius 2 is 2.17 bits per heavy atom. The number of nitrogens with one attached hydrogen (secondary N) is 2. The van der Waals surface area contributed by atoms with Crippen molar-refractivity contribution in [2.75, 3.05) is 11.1 Å². The molecular formula is C12H11N5O5S2. The number of hydroxylamine groups is 1. The first-order valence-corrected chi connectivity index (χ1v) is 8.17. The number of carbonyl (C=O) groups is 2. The van der Waals surface area contributed by atoms with Crippen LogP contribution in [0.25, 0.3) is 0 Å². The summed E-state index contributed by atoms with van der Waals surface area (Å²) in [5, 5.41) is 29.6. The normalized spacial score (nSPS) is 10.2. The molecule has 24 heavy (non-hydrogen) atoms. The fourth-order valence-corrected chi connectivity index (χ4v) is 3.25. The first-order valence-electron chi connectivity index (χ1n) is 6.37. The first kappa shape index (κ1) is 17.8. The number of thioether (sulfide) groups is 1. The number of amides is 2. The molecular weight excluding hydrogens is 358 g/mol. The lowest BCUT2D eigenvalue weighted by molar-refractivity contribution is -0.385. The number of anilines is 1. The van der Waals surface area contributed by atoms with Crippen LogP contribution in [-0.4, -0.2) is 37.9 Å². The minimum atomic E-state index is -0.590. The van der Waals surface area contributed by atoms with Crippen molar-refractivity contribution < 1.29 is 19.7 Å². The quantitative estimate of drug-likeness (QED) is 0.229. The lowest BCUT2D eigenvalue weighted by Crippen LogP contribution is -2.20. The average molecular weight is 369 g/mol. The SMILES string of the molecule is Cc1c(C(=O)Nc2nnc(SCC(=O)NO)s2)cccc1[N+](=O)[O-].